The van der Waals surface area contributed by atoms with Gasteiger partial charge in [-0.2, -0.15) is 0 Å². The monoisotopic (exact) mass is 326 g/mol. The Morgan fingerprint density at radius 2 is 1.36 bits per heavy atom. The van der Waals surface area contributed by atoms with Gasteiger partial charge in [0, 0.05) is 14.2 Å². The summed E-state index contributed by atoms with van der Waals surface area (Å²) in [6, 6.07) is 9.76. The van der Waals surface area contributed by atoms with Gasteiger partial charge in [-0.25, -0.2) is 13.2 Å². The first-order valence-electron chi connectivity index (χ1n) is 6.83. The van der Waals surface area contributed by atoms with Gasteiger partial charge in [-0.05, 0) is 34.5 Å². The minimum atomic E-state index is -2.46. The van der Waals surface area contributed by atoms with Gasteiger partial charge < -0.3 is 8.85 Å². The van der Waals surface area contributed by atoms with Crippen LogP contribution in [0.1, 0.15) is 6.92 Å². The summed E-state index contributed by atoms with van der Waals surface area (Å²) in [6.07, 6.45) is 0. The number of rotatable bonds is 5. The molecule has 0 amide bonds. The Hall–Kier alpha value is -1.63. The van der Waals surface area contributed by atoms with Crippen LogP contribution in [-0.4, -0.2) is 22.8 Å². The highest BCUT2D eigenvalue weighted by atomic mass is 28.4. The van der Waals surface area contributed by atoms with E-state index in [1.807, 2.05) is 19.1 Å². The molecule has 118 valence electrons. The van der Waals surface area contributed by atoms with Crippen LogP contribution in [0.4, 0.5) is 13.2 Å². The summed E-state index contributed by atoms with van der Waals surface area (Å²) >= 11 is 0. The van der Waals surface area contributed by atoms with Crippen molar-refractivity contribution in [3.63, 3.8) is 0 Å². The number of benzene rings is 2. The van der Waals surface area contributed by atoms with Crippen LogP contribution in [-0.2, 0) is 8.85 Å². The Labute approximate surface area is 128 Å². The second kappa shape index (κ2) is 6.64. The maximum absolute atomic E-state index is 13.3. The Kier molecular flexibility index (Phi) is 5.05. The molecule has 6 heteroatoms. The third kappa shape index (κ3) is 2.95. The van der Waals surface area contributed by atoms with Crippen molar-refractivity contribution in [2.45, 2.75) is 13.0 Å². The quantitative estimate of drug-likeness (QED) is 0.616. The van der Waals surface area contributed by atoms with Crippen molar-refractivity contribution >= 4 is 13.7 Å². The van der Waals surface area contributed by atoms with E-state index < -0.39 is 26.0 Å². The van der Waals surface area contributed by atoms with E-state index in [2.05, 4.69) is 0 Å². The van der Waals surface area contributed by atoms with E-state index in [9.17, 15) is 13.2 Å². The molecule has 0 heterocycles. The fraction of sp³-hybridized carbons (Fsp3) is 0.250. The third-order valence-corrected chi connectivity index (χ3v) is 7.23. The zero-order valence-electron chi connectivity index (χ0n) is 12.6. The van der Waals surface area contributed by atoms with E-state index in [-0.39, 0.29) is 5.56 Å². The fourth-order valence-corrected chi connectivity index (χ4v) is 4.75. The maximum Gasteiger partial charge on any atom is 0.371 e. The van der Waals surface area contributed by atoms with Crippen molar-refractivity contribution in [2.24, 2.45) is 0 Å². The number of hydrogen-bond acceptors (Lipinski definition) is 2. The minimum absolute atomic E-state index is 0.279. The third-order valence-electron chi connectivity index (χ3n) is 3.77. The average Bonchev–Trinajstić information content (AvgIpc) is 2.55. The lowest BCUT2D eigenvalue weighted by molar-refractivity contribution is 0.259. The first-order valence-corrected chi connectivity index (χ1v) is 8.85. The zero-order chi connectivity index (χ0) is 16.3. The molecule has 0 saturated heterocycles. The second-order valence-electron chi connectivity index (χ2n) is 4.85. The number of halogens is 3. The smallest absolute Gasteiger partial charge is 0.371 e. The van der Waals surface area contributed by atoms with Crippen molar-refractivity contribution in [3.05, 3.63) is 53.8 Å². The van der Waals surface area contributed by atoms with E-state index >= 15 is 0 Å². The summed E-state index contributed by atoms with van der Waals surface area (Å²) in [7, 11) is 0.762. The molecular weight excluding hydrogens is 309 g/mol. The molecule has 0 aromatic heterocycles. The molecule has 0 saturated carbocycles. The van der Waals surface area contributed by atoms with Gasteiger partial charge in [0.1, 0.15) is 0 Å². The Morgan fingerprint density at radius 1 is 0.864 bits per heavy atom. The first kappa shape index (κ1) is 16.7. The van der Waals surface area contributed by atoms with Crippen LogP contribution in [0.2, 0.25) is 6.04 Å². The molecule has 0 bridgehead atoms. The SMILES string of the molecule is CC[Si](OC)(OC)c1ccc(-c2cc(F)c(F)c(F)c2)cc1. The summed E-state index contributed by atoms with van der Waals surface area (Å²) in [5.74, 6) is -3.87. The summed E-state index contributed by atoms with van der Waals surface area (Å²) in [6.45, 7) is 1.98. The van der Waals surface area contributed by atoms with Gasteiger partial charge in [0.15, 0.2) is 17.5 Å². The molecule has 0 N–H and O–H groups in total. The molecule has 0 unspecified atom stereocenters. The Bertz CT molecular complexity index is 624. The van der Waals surface area contributed by atoms with E-state index in [1.165, 1.54) is 0 Å². The summed E-state index contributed by atoms with van der Waals surface area (Å²) in [5, 5.41) is 0.923. The van der Waals surface area contributed by atoms with Crippen LogP contribution in [0, 0.1) is 17.5 Å². The van der Waals surface area contributed by atoms with E-state index in [1.54, 1.807) is 26.4 Å². The minimum Gasteiger partial charge on any atom is -0.394 e. The van der Waals surface area contributed by atoms with Gasteiger partial charge >= 0.3 is 8.56 Å². The molecule has 0 spiro atoms. The molecule has 0 aliphatic carbocycles. The van der Waals surface area contributed by atoms with Crippen LogP contribution >= 0.6 is 0 Å². The maximum atomic E-state index is 13.3. The van der Waals surface area contributed by atoms with Gasteiger partial charge in [-0.1, -0.05) is 31.2 Å². The molecule has 2 nitrogen and oxygen atoms in total. The van der Waals surface area contributed by atoms with E-state index in [4.69, 9.17) is 8.85 Å². The van der Waals surface area contributed by atoms with Gasteiger partial charge in [0.25, 0.3) is 0 Å². The van der Waals surface area contributed by atoms with Crippen molar-refractivity contribution in [1.82, 2.24) is 0 Å². The molecule has 2 rings (SSSR count). The molecule has 0 aliphatic heterocycles. The van der Waals surface area contributed by atoms with Crippen molar-refractivity contribution in [2.75, 3.05) is 14.2 Å². The molecule has 0 fully saturated rings. The molecule has 2 aromatic rings. The lowest BCUT2D eigenvalue weighted by Gasteiger charge is -2.26. The summed E-state index contributed by atoms with van der Waals surface area (Å²) in [4.78, 5) is 0. The zero-order valence-corrected chi connectivity index (χ0v) is 13.6. The molecule has 0 atom stereocenters. The van der Waals surface area contributed by atoms with E-state index in [0.717, 1.165) is 23.4 Å². The van der Waals surface area contributed by atoms with Gasteiger partial charge in [0.05, 0.1) is 0 Å². The molecule has 2 aromatic carbocycles. The highest BCUT2D eigenvalue weighted by molar-refractivity contribution is 6.81. The Morgan fingerprint density at radius 3 is 1.77 bits per heavy atom. The van der Waals surface area contributed by atoms with Crippen LogP contribution in [0.25, 0.3) is 11.1 Å². The van der Waals surface area contributed by atoms with Crippen LogP contribution in [0.15, 0.2) is 36.4 Å². The summed E-state index contributed by atoms with van der Waals surface area (Å²) in [5.41, 5.74) is 0.870. The van der Waals surface area contributed by atoms with E-state index in [0.29, 0.717) is 5.56 Å². The normalized spacial score (nSPS) is 11.7. The molecule has 0 radical (unpaired) electrons. The first-order chi connectivity index (χ1) is 10.5. The molecular formula is C16H17F3O2Si. The predicted molar refractivity (Wildman–Crippen MR) is 81.6 cm³/mol. The highest BCUT2D eigenvalue weighted by Crippen LogP contribution is 2.24. The predicted octanol–water partition coefficient (Wildman–Crippen LogP) is 3.73. The van der Waals surface area contributed by atoms with Crippen molar-refractivity contribution in [1.29, 1.82) is 0 Å². The number of hydrogen-bond donors (Lipinski definition) is 0. The molecule has 22 heavy (non-hydrogen) atoms. The lowest BCUT2D eigenvalue weighted by atomic mass is 10.1. The van der Waals surface area contributed by atoms with Crippen LogP contribution < -0.4 is 5.19 Å². The topological polar surface area (TPSA) is 18.5 Å². The highest BCUT2D eigenvalue weighted by Gasteiger charge is 2.35. The summed E-state index contributed by atoms with van der Waals surface area (Å²) < 4.78 is 50.8. The van der Waals surface area contributed by atoms with Crippen LogP contribution in [0.3, 0.4) is 0 Å². The average molecular weight is 326 g/mol. The standard InChI is InChI=1S/C16H17F3O2Si/c1-4-22(20-2,21-3)13-7-5-11(6-8-13)12-9-14(17)16(19)15(18)10-12/h5-10H,4H2,1-3H3. The fourth-order valence-electron chi connectivity index (χ4n) is 2.45. The van der Waals surface area contributed by atoms with Gasteiger partial charge in [0.2, 0.25) is 0 Å². The molecule has 0 aliphatic rings. The van der Waals surface area contributed by atoms with Crippen molar-refractivity contribution in [3.8, 4) is 11.1 Å². The largest absolute Gasteiger partial charge is 0.394 e. The van der Waals surface area contributed by atoms with Crippen molar-refractivity contribution < 1.29 is 22.0 Å². The van der Waals surface area contributed by atoms with Gasteiger partial charge in [-0.3, -0.25) is 0 Å². The van der Waals surface area contributed by atoms with Crippen LogP contribution in [0.5, 0.6) is 0 Å². The Balaban J connectivity index is 2.41. The lowest BCUT2D eigenvalue weighted by Crippen LogP contribution is -2.51. The second-order valence-corrected chi connectivity index (χ2v) is 8.45. The van der Waals surface area contributed by atoms with Gasteiger partial charge in [-0.15, -0.1) is 0 Å².